The second-order valence-corrected chi connectivity index (χ2v) is 6.71. The lowest BCUT2D eigenvalue weighted by Crippen LogP contribution is -2.42. The predicted molar refractivity (Wildman–Crippen MR) is 89.5 cm³/mol. The lowest BCUT2D eigenvalue weighted by atomic mass is 9.80. The average Bonchev–Trinajstić information content (AvgIpc) is 2.58. The number of hydrogen-bond donors (Lipinski definition) is 2. The van der Waals surface area contributed by atoms with Crippen LogP contribution in [0.2, 0.25) is 0 Å². The Morgan fingerprint density at radius 2 is 1.67 bits per heavy atom. The second kappa shape index (κ2) is 7.95. The van der Waals surface area contributed by atoms with E-state index in [1.807, 2.05) is 0 Å². The Balaban J connectivity index is 1.79. The van der Waals surface area contributed by atoms with Crippen molar-refractivity contribution in [3.05, 3.63) is 35.9 Å². The van der Waals surface area contributed by atoms with Gasteiger partial charge in [0.15, 0.2) is 0 Å². The molecule has 2 rings (SSSR count). The Kier molecular flexibility index (Phi) is 6.25. The fourth-order valence-corrected chi connectivity index (χ4v) is 3.50. The molecular formula is C19H31NO. The van der Waals surface area contributed by atoms with Crippen LogP contribution in [0.15, 0.2) is 30.3 Å². The Labute approximate surface area is 130 Å². The molecule has 1 aromatic carbocycles. The van der Waals surface area contributed by atoms with E-state index in [0.717, 1.165) is 25.3 Å². The monoisotopic (exact) mass is 289 g/mol. The fraction of sp³-hybridized carbons (Fsp3) is 0.684. The van der Waals surface area contributed by atoms with Gasteiger partial charge in [0.25, 0.3) is 0 Å². The van der Waals surface area contributed by atoms with Crippen LogP contribution < -0.4 is 5.32 Å². The largest absolute Gasteiger partial charge is 0.396 e. The number of aliphatic hydroxyl groups is 1. The van der Waals surface area contributed by atoms with E-state index in [2.05, 4.69) is 49.5 Å². The maximum absolute atomic E-state index is 9.66. The molecule has 2 nitrogen and oxygen atoms in total. The molecule has 0 amide bonds. The van der Waals surface area contributed by atoms with Gasteiger partial charge in [-0.25, -0.2) is 0 Å². The summed E-state index contributed by atoms with van der Waals surface area (Å²) in [5.41, 5.74) is 1.58. The van der Waals surface area contributed by atoms with E-state index in [0.29, 0.717) is 12.6 Å². The molecule has 0 aliphatic heterocycles. The van der Waals surface area contributed by atoms with Gasteiger partial charge in [-0.3, -0.25) is 0 Å². The van der Waals surface area contributed by atoms with Gasteiger partial charge in [0.1, 0.15) is 0 Å². The van der Waals surface area contributed by atoms with Crippen LogP contribution in [0.25, 0.3) is 0 Å². The van der Waals surface area contributed by atoms with Crippen LogP contribution in [-0.2, 0) is 0 Å². The van der Waals surface area contributed by atoms with Crippen molar-refractivity contribution in [3.63, 3.8) is 0 Å². The van der Waals surface area contributed by atoms with Crippen molar-refractivity contribution >= 4 is 0 Å². The molecule has 0 heterocycles. The number of hydrogen-bond acceptors (Lipinski definition) is 2. The van der Waals surface area contributed by atoms with E-state index in [4.69, 9.17) is 0 Å². The Morgan fingerprint density at radius 3 is 2.19 bits per heavy atom. The molecule has 1 aliphatic rings. The lowest BCUT2D eigenvalue weighted by Gasteiger charge is -2.35. The van der Waals surface area contributed by atoms with Crippen LogP contribution in [-0.4, -0.2) is 24.3 Å². The Bertz CT molecular complexity index is 383. The molecule has 0 bridgehead atoms. The highest BCUT2D eigenvalue weighted by molar-refractivity contribution is 5.20. The zero-order valence-electron chi connectivity index (χ0n) is 13.6. The van der Waals surface area contributed by atoms with Crippen LogP contribution in [0, 0.1) is 5.41 Å². The highest BCUT2D eigenvalue weighted by atomic mass is 16.3. The minimum atomic E-state index is 0.0796. The van der Waals surface area contributed by atoms with Gasteiger partial charge in [-0.05, 0) is 50.0 Å². The Morgan fingerprint density at radius 1 is 1.05 bits per heavy atom. The molecule has 1 aliphatic carbocycles. The van der Waals surface area contributed by atoms with Crippen molar-refractivity contribution in [1.82, 2.24) is 5.32 Å². The summed E-state index contributed by atoms with van der Waals surface area (Å²) < 4.78 is 0. The van der Waals surface area contributed by atoms with Crippen molar-refractivity contribution in [1.29, 1.82) is 0 Å². The van der Waals surface area contributed by atoms with Crippen molar-refractivity contribution in [2.24, 2.45) is 5.41 Å². The molecule has 2 heteroatoms. The molecule has 0 atom stereocenters. The summed E-state index contributed by atoms with van der Waals surface area (Å²) in [4.78, 5) is 0. The normalized spacial score (nSPS) is 23.2. The zero-order valence-corrected chi connectivity index (χ0v) is 13.6. The summed E-state index contributed by atoms with van der Waals surface area (Å²) >= 11 is 0. The first-order chi connectivity index (χ1) is 10.2. The highest BCUT2D eigenvalue weighted by Crippen LogP contribution is 2.33. The molecule has 21 heavy (non-hydrogen) atoms. The van der Waals surface area contributed by atoms with Gasteiger partial charge in [0.05, 0.1) is 0 Å². The predicted octanol–water partition coefficient (Wildman–Crippen LogP) is 4.10. The van der Waals surface area contributed by atoms with Crippen LogP contribution >= 0.6 is 0 Å². The van der Waals surface area contributed by atoms with Crippen LogP contribution in [0.5, 0.6) is 0 Å². The third kappa shape index (κ3) is 4.31. The number of nitrogens with one attached hydrogen (secondary N) is 1. The molecule has 1 aromatic rings. The molecule has 1 saturated carbocycles. The summed E-state index contributed by atoms with van der Waals surface area (Å²) in [5.74, 6) is 0.740. The van der Waals surface area contributed by atoms with Crippen molar-refractivity contribution in [3.8, 4) is 0 Å². The molecule has 118 valence electrons. The molecule has 0 unspecified atom stereocenters. The second-order valence-electron chi connectivity index (χ2n) is 6.71. The van der Waals surface area contributed by atoms with E-state index in [-0.39, 0.29) is 5.41 Å². The molecule has 0 radical (unpaired) electrons. The SMILES string of the molecule is CCC(CC)(CO)CNC1CCC(c2ccccc2)CC1. The molecule has 0 spiro atoms. The minimum Gasteiger partial charge on any atom is -0.396 e. The van der Waals surface area contributed by atoms with E-state index in [9.17, 15) is 5.11 Å². The van der Waals surface area contributed by atoms with Crippen molar-refractivity contribution in [2.45, 2.75) is 64.3 Å². The summed E-state index contributed by atoms with van der Waals surface area (Å²) in [7, 11) is 0. The van der Waals surface area contributed by atoms with E-state index in [1.54, 1.807) is 0 Å². The topological polar surface area (TPSA) is 32.3 Å². The fourth-order valence-electron chi connectivity index (χ4n) is 3.50. The van der Waals surface area contributed by atoms with Gasteiger partial charge in [0.2, 0.25) is 0 Å². The standard InChI is InChI=1S/C19H31NO/c1-3-19(4-2,15-21)14-20-18-12-10-17(11-13-18)16-8-6-5-7-9-16/h5-9,17-18,20-21H,3-4,10-15H2,1-2H3. The highest BCUT2D eigenvalue weighted by Gasteiger charge is 2.28. The average molecular weight is 289 g/mol. The van der Waals surface area contributed by atoms with Crippen LogP contribution in [0.1, 0.15) is 63.9 Å². The maximum atomic E-state index is 9.66. The molecule has 0 saturated heterocycles. The first-order valence-electron chi connectivity index (χ1n) is 8.62. The number of benzene rings is 1. The molecular weight excluding hydrogens is 258 g/mol. The summed E-state index contributed by atoms with van der Waals surface area (Å²) in [6.07, 6.45) is 7.18. The van der Waals surface area contributed by atoms with Gasteiger partial charge >= 0.3 is 0 Å². The first-order valence-corrected chi connectivity index (χ1v) is 8.62. The van der Waals surface area contributed by atoms with Gasteiger partial charge in [-0.1, -0.05) is 44.2 Å². The summed E-state index contributed by atoms with van der Waals surface area (Å²) in [6, 6.07) is 11.6. The summed E-state index contributed by atoms with van der Waals surface area (Å²) in [6.45, 7) is 5.63. The smallest absolute Gasteiger partial charge is 0.0499 e. The third-order valence-electron chi connectivity index (χ3n) is 5.60. The molecule has 2 N–H and O–H groups in total. The minimum absolute atomic E-state index is 0.0796. The van der Waals surface area contributed by atoms with E-state index < -0.39 is 0 Å². The quantitative estimate of drug-likeness (QED) is 0.792. The molecule has 1 fully saturated rings. The summed E-state index contributed by atoms with van der Waals surface area (Å²) in [5, 5.41) is 13.4. The Hall–Kier alpha value is -0.860. The molecule has 0 aromatic heterocycles. The van der Waals surface area contributed by atoms with Crippen molar-refractivity contribution < 1.29 is 5.11 Å². The van der Waals surface area contributed by atoms with Crippen LogP contribution in [0.3, 0.4) is 0 Å². The van der Waals surface area contributed by atoms with E-state index in [1.165, 1.54) is 31.2 Å². The number of rotatable bonds is 7. The first kappa shape index (κ1) is 16.5. The van der Waals surface area contributed by atoms with Crippen molar-refractivity contribution in [2.75, 3.05) is 13.2 Å². The van der Waals surface area contributed by atoms with Gasteiger partial charge in [-0.2, -0.15) is 0 Å². The van der Waals surface area contributed by atoms with Gasteiger partial charge < -0.3 is 10.4 Å². The van der Waals surface area contributed by atoms with Gasteiger partial charge in [0, 0.05) is 24.6 Å². The van der Waals surface area contributed by atoms with Gasteiger partial charge in [-0.15, -0.1) is 0 Å². The van der Waals surface area contributed by atoms with E-state index >= 15 is 0 Å². The number of aliphatic hydroxyl groups excluding tert-OH is 1. The lowest BCUT2D eigenvalue weighted by molar-refractivity contribution is 0.107. The third-order valence-corrected chi connectivity index (χ3v) is 5.60. The van der Waals surface area contributed by atoms with Crippen LogP contribution in [0.4, 0.5) is 0 Å². The zero-order chi connectivity index (χ0) is 15.1. The maximum Gasteiger partial charge on any atom is 0.0499 e.